The molecule has 0 rings (SSSR count). The minimum atomic E-state index is 1.36. The normalized spacial score (nSPS) is 7.44. The molecule has 0 heterocycles. The summed E-state index contributed by atoms with van der Waals surface area (Å²) in [6.45, 7) is 6.24. The molecule has 0 aromatic heterocycles. The molecule has 0 fully saturated rings. The van der Waals surface area contributed by atoms with Crippen LogP contribution < -0.4 is 0 Å². The maximum atomic E-state index is 4.72. The molecule has 0 N–H and O–H groups in total. The van der Waals surface area contributed by atoms with Crippen LogP contribution in [-0.2, 0) is 0 Å². The molecule has 0 nitrogen and oxygen atoms in total. The van der Waals surface area contributed by atoms with E-state index in [0.29, 0.717) is 0 Å². The van der Waals surface area contributed by atoms with Crippen LogP contribution in [0.1, 0.15) is 39.5 Å². The Balaban J connectivity index is 0. The van der Waals surface area contributed by atoms with E-state index >= 15 is 0 Å². The topological polar surface area (TPSA) is 0 Å². The second-order valence-corrected chi connectivity index (χ2v) is 2.04. The first-order chi connectivity index (χ1) is 4.33. The highest BCUT2D eigenvalue weighted by Crippen LogP contribution is 1.95. The quantitative estimate of drug-likeness (QED) is 0.399. The largest absolute Gasteiger partial charge is 0.101 e. The van der Waals surface area contributed by atoms with Gasteiger partial charge in [-0.25, -0.2) is 0 Å². The summed E-state index contributed by atoms with van der Waals surface area (Å²) in [5.41, 5.74) is 0. The monoisotopic (exact) mass is 123 g/mol. The highest BCUT2D eigenvalue weighted by Gasteiger charge is 1.75. The number of hydrogen-bond acceptors (Lipinski definition) is 0. The van der Waals surface area contributed by atoms with Gasteiger partial charge >= 0.3 is 0 Å². The molecule has 0 unspecified atom stereocenters. The molecule has 0 aliphatic heterocycles. The van der Waals surface area contributed by atoms with Gasteiger partial charge in [0, 0.05) is 7.74 Å². The molecule has 0 saturated heterocycles. The Bertz CT molecular complexity index is 26.1. The molecule has 0 aliphatic carbocycles. The van der Waals surface area contributed by atoms with Gasteiger partial charge in [-0.15, -0.1) is 6.82 Å². The molecule has 0 aliphatic rings. The van der Waals surface area contributed by atoms with Crippen LogP contribution >= 0.6 is 0 Å². The molecule has 0 aromatic carbocycles. The van der Waals surface area contributed by atoms with E-state index in [0.717, 1.165) is 0 Å². The van der Waals surface area contributed by atoms with Gasteiger partial charge in [-0.3, -0.25) is 0 Å². The summed E-state index contributed by atoms with van der Waals surface area (Å²) < 4.78 is 0. The van der Waals surface area contributed by atoms with Crippen molar-refractivity contribution in [2.75, 3.05) is 0 Å². The van der Waals surface area contributed by atoms with Crippen LogP contribution in [0.3, 0.4) is 0 Å². The van der Waals surface area contributed by atoms with Crippen molar-refractivity contribution in [2.24, 2.45) is 0 Å². The molecule has 51 valence electrons. The van der Waals surface area contributed by atoms with Gasteiger partial charge in [0.15, 0.2) is 0 Å². The molecular formula is C7H17B2. The molecule has 9 heavy (non-hydrogen) atoms. The first kappa shape index (κ1) is 11.9. The SMILES string of the molecule is CCCCCC.[B][B]C. The van der Waals surface area contributed by atoms with E-state index in [1.807, 2.05) is 0 Å². The predicted molar refractivity (Wildman–Crippen MR) is 47.2 cm³/mol. The summed E-state index contributed by atoms with van der Waals surface area (Å²) in [5, 5.41) is 0. The fraction of sp³-hybridized carbons (Fsp3) is 1.00. The summed E-state index contributed by atoms with van der Waals surface area (Å²) in [5.74, 6) is 0. The Morgan fingerprint density at radius 3 is 1.44 bits per heavy atom. The highest BCUT2D eigenvalue weighted by atomic mass is 13.8. The average Bonchev–Trinajstić information content (AvgIpc) is 1.86. The Morgan fingerprint density at radius 1 is 1.11 bits per heavy atom. The van der Waals surface area contributed by atoms with Gasteiger partial charge in [0.2, 0.25) is 0 Å². The summed E-state index contributed by atoms with van der Waals surface area (Å²) >= 11 is 0. The fourth-order valence-corrected chi connectivity index (χ4v) is 0.500. The second-order valence-electron chi connectivity index (χ2n) is 2.04. The Morgan fingerprint density at radius 2 is 1.33 bits per heavy atom. The van der Waals surface area contributed by atoms with Crippen LogP contribution in [0.4, 0.5) is 0 Å². The second kappa shape index (κ2) is 15.7. The van der Waals surface area contributed by atoms with E-state index in [9.17, 15) is 0 Å². The van der Waals surface area contributed by atoms with E-state index in [1.54, 1.807) is 6.82 Å². The van der Waals surface area contributed by atoms with Crippen LogP contribution in [0, 0.1) is 0 Å². The molecule has 0 bridgehead atoms. The smallest absolute Gasteiger partial charge is 0.0502 e. The molecule has 0 amide bonds. The van der Waals surface area contributed by atoms with E-state index in [-0.39, 0.29) is 0 Å². The van der Waals surface area contributed by atoms with Crippen molar-refractivity contribution in [3.05, 3.63) is 0 Å². The third kappa shape index (κ3) is 31.2. The maximum Gasteiger partial charge on any atom is 0.0502 e. The van der Waals surface area contributed by atoms with Crippen molar-refractivity contribution in [3.63, 3.8) is 0 Å². The van der Waals surface area contributed by atoms with Crippen molar-refractivity contribution >= 4 is 14.9 Å². The van der Waals surface area contributed by atoms with Crippen LogP contribution in [-0.4, -0.2) is 14.9 Å². The van der Waals surface area contributed by atoms with Crippen LogP contribution in [0.5, 0.6) is 0 Å². The van der Waals surface area contributed by atoms with E-state index < -0.39 is 0 Å². The molecule has 2 heteroatoms. The lowest BCUT2D eigenvalue weighted by atomic mass is 9.59. The minimum absolute atomic E-state index is 1.36. The zero-order chi connectivity index (χ0) is 7.54. The average molecular weight is 123 g/mol. The highest BCUT2D eigenvalue weighted by molar-refractivity contribution is 6.88. The standard InChI is InChI=1S/C6H14.CH3B2/c1-3-5-6-4-2;1-3-2/h3-6H2,1-2H3;1H3. The zero-order valence-corrected chi connectivity index (χ0v) is 6.98. The van der Waals surface area contributed by atoms with Gasteiger partial charge in [-0.1, -0.05) is 39.5 Å². The molecule has 0 spiro atoms. The predicted octanol–water partition coefficient (Wildman–Crippen LogP) is 2.41. The van der Waals surface area contributed by atoms with Crippen molar-refractivity contribution in [2.45, 2.75) is 46.4 Å². The van der Waals surface area contributed by atoms with E-state index in [4.69, 9.17) is 7.74 Å². The number of unbranched alkanes of at least 4 members (excludes halogenated alkanes) is 3. The van der Waals surface area contributed by atoms with Gasteiger partial charge in [-0.05, 0) is 0 Å². The van der Waals surface area contributed by atoms with Crippen molar-refractivity contribution in [3.8, 4) is 0 Å². The first-order valence-electron chi connectivity index (χ1n) is 3.82. The summed E-state index contributed by atoms with van der Waals surface area (Å²) in [4.78, 5) is 0. The minimum Gasteiger partial charge on any atom is -0.101 e. The number of rotatable bonds is 3. The van der Waals surface area contributed by atoms with Crippen molar-refractivity contribution < 1.29 is 0 Å². The van der Waals surface area contributed by atoms with Crippen molar-refractivity contribution in [1.82, 2.24) is 0 Å². The van der Waals surface area contributed by atoms with Gasteiger partial charge in [0.1, 0.15) is 0 Å². The summed E-state index contributed by atoms with van der Waals surface area (Å²) in [7, 11) is 6.22. The molecular weight excluding hydrogens is 106 g/mol. The fourth-order valence-electron chi connectivity index (χ4n) is 0.500. The zero-order valence-electron chi connectivity index (χ0n) is 6.98. The Hall–Kier alpha value is 0.130. The Kier molecular flexibility index (Phi) is 20.7. The Labute approximate surface area is 62.1 Å². The molecule has 0 saturated carbocycles. The molecule has 0 aromatic rings. The van der Waals surface area contributed by atoms with Gasteiger partial charge in [0.05, 0.1) is 7.17 Å². The van der Waals surface area contributed by atoms with Crippen molar-refractivity contribution in [1.29, 1.82) is 0 Å². The lowest BCUT2D eigenvalue weighted by Crippen LogP contribution is -1.68. The van der Waals surface area contributed by atoms with E-state index in [2.05, 4.69) is 13.8 Å². The van der Waals surface area contributed by atoms with Crippen LogP contribution in [0.25, 0.3) is 0 Å². The lowest BCUT2D eigenvalue weighted by Gasteiger charge is -1.86. The van der Waals surface area contributed by atoms with E-state index in [1.165, 1.54) is 32.9 Å². The van der Waals surface area contributed by atoms with Gasteiger partial charge in [-0.2, -0.15) is 0 Å². The van der Waals surface area contributed by atoms with Gasteiger partial charge in [0.25, 0.3) is 0 Å². The van der Waals surface area contributed by atoms with Crippen LogP contribution in [0.15, 0.2) is 0 Å². The third-order valence-corrected chi connectivity index (χ3v) is 0.957. The summed E-state index contributed by atoms with van der Waals surface area (Å²) in [6.07, 6.45) is 5.54. The van der Waals surface area contributed by atoms with Crippen LogP contribution in [0.2, 0.25) is 6.82 Å². The third-order valence-electron chi connectivity index (χ3n) is 0.957. The van der Waals surface area contributed by atoms with Gasteiger partial charge < -0.3 is 0 Å². The first-order valence-corrected chi connectivity index (χ1v) is 3.82. The summed E-state index contributed by atoms with van der Waals surface area (Å²) in [6, 6.07) is 0. The molecule has 0 atom stereocenters. The lowest BCUT2D eigenvalue weighted by molar-refractivity contribution is 0.702. The maximum absolute atomic E-state index is 4.72. The number of hydrogen-bond donors (Lipinski definition) is 0. The molecule has 3 radical (unpaired) electrons.